The summed E-state index contributed by atoms with van der Waals surface area (Å²) in [5.74, 6) is -0.848. The van der Waals surface area contributed by atoms with E-state index in [1.54, 1.807) is 12.1 Å². The molecule has 2 aliphatic rings. The van der Waals surface area contributed by atoms with E-state index in [-0.39, 0.29) is 10.9 Å². The number of hydrogen-bond donors (Lipinski definition) is 2. The molecule has 1 aromatic carbocycles. The summed E-state index contributed by atoms with van der Waals surface area (Å²) in [6, 6.07) is 5.94. The third-order valence-corrected chi connectivity index (χ3v) is 5.66. The second-order valence-electron chi connectivity index (χ2n) is 5.59. The molecule has 0 bridgehead atoms. The molecule has 1 aliphatic heterocycles. The van der Waals surface area contributed by atoms with Crippen LogP contribution in [0.25, 0.3) is 0 Å². The molecule has 1 saturated carbocycles. The van der Waals surface area contributed by atoms with E-state index in [9.17, 15) is 18.3 Å². The van der Waals surface area contributed by atoms with E-state index in [1.807, 2.05) is 0 Å². The Morgan fingerprint density at radius 2 is 1.95 bits per heavy atom. The highest BCUT2D eigenvalue weighted by Crippen LogP contribution is 2.48. The van der Waals surface area contributed by atoms with E-state index in [0.29, 0.717) is 38.0 Å². The molecular formula is C14H17NO5S. The number of sulfonamides is 1. The molecule has 2 fully saturated rings. The maximum Gasteiger partial charge on any atom is 0.314 e. The minimum absolute atomic E-state index is 0.152. The highest BCUT2D eigenvalue weighted by Gasteiger charge is 2.51. The van der Waals surface area contributed by atoms with E-state index >= 15 is 0 Å². The van der Waals surface area contributed by atoms with Crippen LogP contribution in [-0.4, -0.2) is 38.7 Å². The number of nitrogens with one attached hydrogen (secondary N) is 1. The Kier molecular flexibility index (Phi) is 3.51. The number of rotatable bonds is 5. The Bertz CT molecular complexity index is 642. The number of ether oxygens (including phenoxy) is 1. The first-order valence-electron chi connectivity index (χ1n) is 6.88. The first-order valence-corrected chi connectivity index (χ1v) is 8.36. The van der Waals surface area contributed by atoms with Crippen molar-refractivity contribution >= 4 is 16.0 Å². The zero-order chi connectivity index (χ0) is 15.1. The fourth-order valence-corrected chi connectivity index (χ4v) is 3.87. The van der Waals surface area contributed by atoms with Gasteiger partial charge in [0.2, 0.25) is 10.0 Å². The SMILES string of the molecule is O=C(O)C1(c2ccc(S(=O)(=O)NC3CCOC3)cc2)CC1. The average Bonchev–Trinajstić information content (AvgIpc) is 3.12. The minimum atomic E-state index is -3.58. The molecule has 1 unspecified atom stereocenters. The summed E-state index contributed by atoms with van der Waals surface area (Å²) >= 11 is 0. The average molecular weight is 311 g/mol. The Balaban J connectivity index is 1.79. The van der Waals surface area contributed by atoms with Gasteiger partial charge >= 0.3 is 5.97 Å². The first-order chi connectivity index (χ1) is 9.94. The third kappa shape index (κ3) is 2.68. The summed E-state index contributed by atoms with van der Waals surface area (Å²) in [4.78, 5) is 11.4. The molecule has 1 heterocycles. The van der Waals surface area contributed by atoms with Gasteiger partial charge in [-0.1, -0.05) is 12.1 Å². The lowest BCUT2D eigenvalue weighted by Crippen LogP contribution is -2.35. The maximum absolute atomic E-state index is 12.2. The Morgan fingerprint density at radius 1 is 1.29 bits per heavy atom. The standard InChI is InChI=1S/C14H17NO5S/c16-13(17)14(6-7-14)10-1-3-12(4-2-10)21(18,19)15-11-5-8-20-9-11/h1-4,11,15H,5-9H2,(H,16,17). The monoisotopic (exact) mass is 311 g/mol. The summed E-state index contributed by atoms with van der Waals surface area (Å²) in [6.45, 7) is 0.951. The van der Waals surface area contributed by atoms with E-state index in [1.165, 1.54) is 12.1 Å². The largest absolute Gasteiger partial charge is 0.481 e. The summed E-state index contributed by atoms with van der Waals surface area (Å²) < 4.78 is 32.2. The van der Waals surface area contributed by atoms with Crippen LogP contribution in [0, 0.1) is 0 Å². The Hall–Kier alpha value is -1.44. The summed E-state index contributed by atoms with van der Waals surface area (Å²) in [6.07, 6.45) is 1.87. The minimum Gasteiger partial charge on any atom is -0.481 e. The van der Waals surface area contributed by atoms with Crippen LogP contribution in [-0.2, 0) is 25.0 Å². The molecule has 7 heteroatoms. The second-order valence-corrected chi connectivity index (χ2v) is 7.31. The van der Waals surface area contributed by atoms with Crippen LogP contribution in [0.15, 0.2) is 29.2 Å². The molecule has 1 aromatic rings. The predicted octanol–water partition coefficient (Wildman–Crippen LogP) is 0.870. The van der Waals surface area contributed by atoms with Crippen LogP contribution < -0.4 is 4.72 Å². The van der Waals surface area contributed by atoms with Crippen molar-refractivity contribution in [2.75, 3.05) is 13.2 Å². The lowest BCUT2D eigenvalue weighted by Gasteiger charge is -2.13. The molecule has 0 radical (unpaired) electrons. The first kappa shape index (κ1) is 14.5. The summed E-state index contributed by atoms with van der Waals surface area (Å²) in [5, 5.41) is 9.23. The topological polar surface area (TPSA) is 92.7 Å². The Labute approximate surface area is 123 Å². The van der Waals surface area contributed by atoms with Crippen LogP contribution >= 0.6 is 0 Å². The molecule has 0 spiro atoms. The van der Waals surface area contributed by atoms with Gasteiger partial charge < -0.3 is 9.84 Å². The van der Waals surface area contributed by atoms with Gasteiger partial charge in [0.25, 0.3) is 0 Å². The van der Waals surface area contributed by atoms with Gasteiger partial charge in [0.05, 0.1) is 16.9 Å². The molecule has 6 nitrogen and oxygen atoms in total. The zero-order valence-corrected chi connectivity index (χ0v) is 12.2. The van der Waals surface area contributed by atoms with Gasteiger partial charge in [0.1, 0.15) is 0 Å². The van der Waals surface area contributed by atoms with Crippen molar-refractivity contribution < 1.29 is 23.1 Å². The number of hydrogen-bond acceptors (Lipinski definition) is 4. The molecule has 21 heavy (non-hydrogen) atoms. The van der Waals surface area contributed by atoms with Gasteiger partial charge in [-0.3, -0.25) is 4.79 Å². The van der Waals surface area contributed by atoms with Crippen LogP contribution in [0.5, 0.6) is 0 Å². The van der Waals surface area contributed by atoms with E-state index in [2.05, 4.69) is 4.72 Å². The van der Waals surface area contributed by atoms with Crippen molar-refractivity contribution in [3.8, 4) is 0 Å². The maximum atomic E-state index is 12.2. The highest BCUT2D eigenvalue weighted by atomic mass is 32.2. The Morgan fingerprint density at radius 3 is 2.43 bits per heavy atom. The summed E-state index contributed by atoms with van der Waals surface area (Å²) in [7, 11) is -3.58. The number of aliphatic carboxylic acids is 1. The third-order valence-electron chi connectivity index (χ3n) is 4.13. The van der Waals surface area contributed by atoms with Crippen molar-refractivity contribution in [3.63, 3.8) is 0 Å². The highest BCUT2D eigenvalue weighted by molar-refractivity contribution is 7.89. The smallest absolute Gasteiger partial charge is 0.314 e. The van der Waals surface area contributed by atoms with Gasteiger partial charge in [-0.15, -0.1) is 0 Å². The van der Waals surface area contributed by atoms with Crippen LogP contribution in [0.4, 0.5) is 0 Å². The van der Waals surface area contributed by atoms with Gasteiger partial charge in [-0.2, -0.15) is 0 Å². The molecule has 0 aromatic heterocycles. The molecule has 2 N–H and O–H groups in total. The molecular weight excluding hydrogens is 294 g/mol. The zero-order valence-electron chi connectivity index (χ0n) is 11.4. The van der Waals surface area contributed by atoms with Gasteiger partial charge in [0.15, 0.2) is 0 Å². The molecule has 1 saturated heterocycles. The molecule has 114 valence electrons. The number of carboxylic acid groups (broad SMARTS) is 1. The molecule has 1 atom stereocenters. The van der Waals surface area contributed by atoms with Gasteiger partial charge in [0, 0.05) is 12.6 Å². The fraction of sp³-hybridized carbons (Fsp3) is 0.500. The second kappa shape index (κ2) is 5.08. The molecule has 1 aliphatic carbocycles. The quantitative estimate of drug-likeness (QED) is 0.842. The van der Waals surface area contributed by atoms with Gasteiger partial charge in [-0.05, 0) is 37.0 Å². The van der Waals surface area contributed by atoms with Crippen molar-refractivity contribution in [1.82, 2.24) is 4.72 Å². The van der Waals surface area contributed by atoms with E-state index in [4.69, 9.17) is 4.74 Å². The fourth-order valence-electron chi connectivity index (χ4n) is 2.62. The number of benzene rings is 1. The normalized spacial score (nSPS) is 23.9. The lowest BCUT2D eigenvalue weighted by molar-refractivity contribution is -0.140. The number of carbonyl (C=O) groups is 1. The van der Waals surface area contributed by atoms with Crippen LogP contribution in [0.2, 0.25) is 0 Å². The van der Waals surface area contributed by atoms with Crippen molar-refractivity contribution in [2.24, 2.45) is 0 Å². The van der Waals surface area contributed by atoms with E-state index < -0.39 is 21.4 Å². The van der Waals surface area contributed by atoms with Crippen LogP contribution in [0.3, 0.4) is 0 Å². The van der Waals surface area contributed by atoms with Gasteiger partial charge in [-0.25, -0.2) is 13.1 Å². The van der Waals surface area contributed by atoms with Crippen molar-refractivity contribution in [3.05, 3.63) is 29.8 Å². The van der Waals surface area contributed by atoms with Crippen LogP contribution in [0.1, 0.15) is 24.8 Å². The van der Waals surface area contributed by atoms with Crippen molar-refractivity contribution in [1.29, 1.82) is 0 Å². The van der Waals surface area contributed by atoms with Crippen molar-refractivity contribution in [2.45, 2.75) is 35.6 Å². The predicted molar refractivity (Wildman–Crippen MR) is 74.5 cm³/mol. The molecule has 3 rings (SSSR count). The number of carboxylic acids is 1. The van der Waals surface area contributed by atoms with E-state index in [0.717, 1.165) is 0 Å². The molecule has 0 amide bonds. The lowest BCUT2D eigenvalue weighted by atomic mass is 9.96. The summed E-state index contributed by atoms with van der Waals surface area (Å²) in [5.41, 5.74) is -0.146.